The van der Waals surface area contributed by atoms with Gasteiger partial charge in [-0.05, 0) is 18.2 Å². The molecule has 0 aliphatic heterocycles. The van der Waals surface area contributed by atoms with Crippen LogP contribution in [0, 0.1) is 5.92 Å². The summed E-state index contributed by atoms with van der Waals surface area (Å²) in [6, 6.07) is 5.01. The Morgan fingerprint density at radius 1 is 1.48 bits per heavy atom. The molecule has 21 heavy (non-hydrogen) atoms. The molecule has 10 heteroatoms. The van der Waals surface area contributed by atoms with Crippen LogP contribution >= 0.6 is 0 Å². The number of halogens is 3. The largest absolute Gasteiger partial charge is 0.492 e. The van der Waals surface area contributed by atoms with Crippen LogP contribution in [-0.2, 0) is 9.84 Å². The lowest BCUT2D eigenvalue weighted by atomic mass is 10.1. The van der Waals surface area contributed by atoms with E-state index in [1.807, 2.05) is 0 Å². The Morgan fingerprint density at radius 3 is 2.57 bits per heavy atom. The van der Waals surface area contributed by atoms with E-state index in [0.29, 0.717) is 0 Å². The van der Waals surface area contributed by atoms with Crippen LogP contribution in [0.4, 0.5) is 13.2 Å². The highest BCUT2D eigenvalue weighted by Crippen LogP contribution is 2.27. The highest BCUT2D eigenvalue weighted by atomic mass is 32.2. The molecule has 118 valence electrons. The van der Waals surface area contributed by atoms with E-state index in [0.717, 1.165) is 12.3 Å². The minimum absolute atomic E-state index is 0.0714. The van der Waals surface area contributed by atoms with Crippen LogP contribution < -0.4 is 10.5 Å². The van der Waals surface area contributed by atoms with Gasteiger partial charge in [0.1, 0.15) is 18.3 Å². The van der Waals surface area contributed by atoms with Crippen molar-refractivity contribution >= 4 is 15.7 Å². The fourth-order valence-corrected chi connectivity index (χ4v) is 2.05. The molecule has 0 amide bonds. The molecule has 1 atom stereocenters. The Balaban J connectivity index is 2.92. The number of rotatable bonds is 5. The van der Waals surface area contributed by atoms with Gasteiger partial charge in [0.05, 0.1) is 4.90 Å². The monoisotopic (exact) mass is 326 g/mol. The maximum absolute atomic E-state index is 12.7. The summed E-state index contributed by atoms with van der Waals surface area (Å²) in [6.45, 7) is -0.938. The summed E-state index contributed by atoms with van der Waals surface area (Å²) in [5.74, 6) is -3.41. The Labute approximate surface area is 118 Å². The van der Waals surface area contributed by atoms with E-state index in [9.17, 15) is 21.6 Å². The van der Waals surface area contributed by atoms with Crippen LogP contribution in [0.25, 0.3) is 0 Å². The average molecular weight is 326 g/mol. The molecule has 1 unspecified atom stereocenters. The molecule has 0 aliphatic rings. The molecule has 6 nitrogen and oxygen atoms in total. The molecule has 3 N–H and O–H groups in total. The van der Waals surface area contributed by atoms with Gasteiger partial charge in [-0.3, -0.25) is 0 Å². The van der Waals surface area contributed by atoms with Crippen molar-refractivity contribution in [3.8, 4) is 5.75 Å². The summed E-state index contributed by atoms with van der Waals surface area (Å²) < 4.78 is 65.6. The summed E-state index contributed by atoms with van der Waals surface area (Å²) in [6.07, 6.45) is -3.80. The second kappa shape index (κ2) is 6.20. The van der Waals surface area contributed by atoms with Crippen molar-refractivity contribution < 1.29 is 31.5 Å². The first-order valence-electron chi connectivity index (χ1n) is 5.52. The average Bonchev–Trinajstić information content (AvgIpc) is 2.36. The summed E-state index contributed by atoms with van der Waals surface area (Å²) in [4.78, 5) is -0.0904. The van der Waals surface area contributed by atoms with Gasteiger partial charge in [-0.1, -0.05) is 11.2 Å². The van der Waals surface area contributed by atoms with Gasteiger partial charge >= 0.3 is 6.18 Å². The van der Waals surface area contributed by atoms with Crippen molar-refractivity contribution in [2.75, 3.05) is 12.9 Å². The molecule has 0 aromatic heterocycles. The molecule has 1 aromatic carbocycles. The lowest BCUT2D eigenvalue weighted by Crippen LogP contribution is -2.40. The zero-order chi connectivity index (χ0) is 16.3. The lowest BCUT2D eigenvalue weighted by molar-refractivity contribution is -0.162. The number of amidine groups is 1. The highest BCUT2D eigenvalue weighted by Gasteiger charge is 2.43. The first-order valence-corrected chi connectivity index (χ1v) is 7.42. The third kappa shape index (κ3) is 4.81. The van der Waals surface area contributed by atoms with Gasteiger partial charge in [-0.15, -0.1) is 0 Å². The quantitative estimate of drug-likeness (QED) is 0.368. The van der Waals surface area contributed by atoms with E-state index < -0.39 is 34.4 Å². The number of nitrogens with zero attached hydrogens (tertiary/aromatic N) is 1. The van der Waals surface area contributed by atoms with Crippen molar-refractivity contribution in [3.63, 3.8) is 0 Å². The molecule has 0 heterocycles. The van der Waals surface area contributed by atoms with Crippen molar-refractivity contribution in [3.05, 3.63) is 24.3 Å². The normalized spacial score (nSPS) is 14.8. The van der Waals surface area contributed by atoms with Gasteiger partial charge in [0.25, 0.3) is 0 Å². The zero-order valence-corrected chi connectivity index (χ0v) is 11.6. The topological polar surface area (TPSA) is 102 Å². The third-order valence-corrected chi connectivity index (χ3v) is 3.63. The van der Waals surface area contributed by atoms with E-state index >= 15 is 0 Å². The van der Waals surface area contributed by atoms with Crippen molar-refractivity contribution in [2.24, 2.45) is 16.8 Å². The van der Waals surface area contributed by atoms with Gasteiger partial charge in [0.15, 0.2) is 15.7 Å². The number of ether oxygens (including phenoxy) is 1. The van der Waals surface area contributed by atoms with E-state index in [-0.39, 0.29) is 10.6 Å². The SMILES string of the molecule is CS(=O)(=O)c1cccc(OCC(/C(N)=N/O)C(F)(F)F)c1. The van der Waals surface area contributed by atoms with Gasteiger partial charge in [-0.2, -0.15) is 13.2 Å². The first kappa shape index (κ1) is 17.1. The molecule has 0 saturated carbocycles. The summed E-state index contributed by atoms with van der Waals surface area (Å²) >= 11 is 0. The predicted molar refractivity (Wildman–Crippen MR) is 68.0 cm³/mol. The lowest BCUT2D eigenvalue weighted by Gasteiger charge is -2.19. The van der Waals surface area contributed by atoms with Crippen molar-refractivity contribution in [1.82, 2.24) is 0 Å². The first-order chi connectivity index (χ1) is 9.55. The maximum atomic E-state index is 12.7. The predicted octanol–water partition coefficient (Wildman–Crippen LogP) is 1.39. The maximum Gasteiger partial charge on any atom is 0.402 e. The zero-order valence-electron chi connectivity index (χ0n) is 10.8. The summed E-state index contributed by atoms with van der Waals surface area (Å²) in [7, 11) is -3.50. The van der Waals surface area contributed by atoms with E-state index in [4.69, 9.17) is 15.7 Å². The number of hydrogen-bond donors (Lipinski definition) is 2. The standard InChI is InChI=1S/C11H13F3N2O4S/c1-21(18,19)8-4-2-3-7(5-8)20-6-9(10(15)16-17)11(12,13)14/h2-5,9,17H,6H2,1H3,(H2,15,16). The molecule has 0 spiro atoms. The number of sulfone groups is 1. The molecular weight excluding hydrogens is 313 g/mol. The molecule has 0 saturated heterocycles. The third-order valence-electron chi connectivity index (χ3n) is 2.52. The van der Waals surface area contributed by atoms with Gasteiger partial charge in [-0.25, -0.2) is 8.42 Å². The van der Waals surface area contributed by atoms with Crippen LogP contribution in [0.3, 0.4) is 0 Å². The molecule has 1 rings (SSSR count). The Kier molecular flexibility index (Phi) is 5.05. The second-order valence-corrected chi connectivity index (χ2v) is 6.19. The van der Waals surface area contributed by atoms with Crippen LogP contribution in [0.1, 0.15) is 0 Å². The number of benzene rings is 1. The van der Waals surface area contributed by atoms with E-state index in [1.165, 1.54) is 18.2 Å². The van der Waals surface area contributed by atoms with Gasteiger partial charge < -0.3 is 15.7 Å². The molecule has 0 bridgehead atoms. The number of hydrogen-bond acceptors (Lipinski definition) is 5. The smallest absolute Gasteiger partial charge is 0.402 e. The fraction of sp³-hybridized carbons (Fsp3) is 0.364. The Hall–Kier alpha value is -1.97. The minimum Gasteiger partial charge on any atom is -0.492 e. The molecule has 0 radical (unpaired) electrons. The molecule has 0 aliphatic carbocycles. The number of alkyl halides is 3. The van der Waals surface area contributed by atoms with E-state index in [1.54, 1.807) is 0 Å². The fourth-order valence-electron chi connectivity index (χ4n) is 1.39. The van der Waals surface area contributed by atoms with E-state index in [2.05, 4.69) is 5.16 Å². The molecule has 1 aromatic rings. The Bertz CT molecular complexity index is 629. The number of oxime groups is 1. The second-order valence-electron chi connectivity index (χ2n) is 4.18. The van der Waals surface area contributed by atoms with Crippen LogP contribution in [0.2, 0.25) is 0 Å². The number of nitrogens with two attached hydrogens (primary N) is 1. The summed E-state index contributed by atoms with van der Waals surface area (Å²) in [5.41, 5.74) is 4.97. The van der Waals surface area contributed by atoms with Gasteiger partial charge in [0, 0.05) is 6.26 Å². The van der Waals surface area contributed by atoms with Gasteiger partial charge in [0.2, 0.25) is 0 Å². The van der Waals surface area contributed by atoms with Crippen LogP contribution in [-0.4, -0.2) is 38.5 Å². The van der Waals surface area contributed by atoms with Crippen LogP contribution in [0.15, 0.2) is 34.3 Å². The Morgan fingerprint density at radius 2 is 2.10 bits per heavy atom. The molecular formula is C11H13F3N2O4S. The van der Waals surface area contributed by atoms with Crippen molar-refractivity contribution in [2.45, 2.75) is 11.1 Å². The van der Waals surface area contributed by atoms with Crippen LogP contribution in [0.5, 0.6) is 5.75 Å². The summed E-state index contributed by atoms with van der Waals surface area (Å²) in [5, 5.41) is 10.7. The minimum atomic E-state index is -4.76. The highest BCUT2D eigenvalue weighted by molar-refractivity contribution is 7.90. The molecule has 0 fully saturated rings. The van der Waals surface area contributed by atoms with Crippen molar-refractivity contribution in [1.29, 1.82) is 0 Å².